The van der Waals surface area contributed by atoms with Gasteiger partial charge in [0.2, 0.25) is 0 Å². The zero-order chi connectivity index (χ0) is 19.4. The lowest BCUT2D eigenvalue weighted by molar-refractivity contribution is -0.122. The molecule has 3 rings (SSSR count). The number of benzene rings is 2. The fourth-order valence-corrected chi connectivity index (χ4v) is 3.71. The highest BCUT2D eigenvalue weighted by Gasteiger charge is 2.32. The van der Waals surface area contributed by atoms with E-state index in [1.165, 1.54) is 5.56 Å². The molecular formula is C25H30O2. The molecule has 0 spiro atoms. The molecule has 1 fully saturated rings. The Bertz CT molecular complexity index is 797. The lowest BCUT2D eigenvalue weighted by atomic mass is 9.73. The highest BCUT2D eigenvalue weighted by atomic mass is 16.5. The molecule has 0 N–H and O–H groups in total. The molecule has 0 saturated heterocycles. The van der Waals surface area contributed by atoms with Crippen LogP contribution < -0.4 is 4.74 Å². The number of ketones is 1. The van der Waals surface area contributed by atoms with E-state index in [0.29, 0.717) is 24.2 Å². The van der Waals surface area contributed by atoms with Crippen molar-refractivity contribution in [2.24, 2.45) is 17.8 Å². The zero-order valence-electron chi connectivity index (χ0n) is 16.9. The van der Waals surface area contributed by atoms with E-state index in [0.717, 1.165) is 35.3 Å². The summed E-state index contributed by atoms with van der Waals surface area (Å²) < 4.78 is 5.88. The first-order chi connectivity index (χ1) is 12.9. The molecule has 2 nitrogen and oxygen atoms in total. The van der Waals surface area contributed by atoms with Gasteiger partial charge in [-0.15, -0.1) is 0 Å². The quantitative estimate of drug-likeness (QED) is 0.589. The first kappa shape index (κ1) is 19.4. The molecule has 0 radical (unpaired) electrons. The summed E-state index contributed by atoms with van der Waals surface area (Å²) in [6.07, 6.45) is 4.18. The van der Waals surface area contributed by atoms with Crippen LogP contribution in [0.4, 0.5) is 0 Å². The maximum atomic E-state index is 12.8. The molecule has 2 heteroatoms. The number of rotatable bonds is 5. The van der Waals surface area contributed by atoms with Crippen molar-refractivity contribution in [3.63, 3.8) is 0 Å². The molecule has 1 saturated carbocycles. The van der Waals surface area contributed by atoms with Crippen molar-refractivity contribution in [3.8, 4) is 5.75 Å². The molecule has 0 heterocycles. The van der Waals surface area contributed by atoms with E-state index >= 15 is 0 Å². The van der Waals surface area contributed by atoms with Crippen molar-refractivity contribution in [2.45, 2.75) is 47.1 Å². The van der Waals surface area contributed by atoms with Crippen molar-refractivity contribution in [1.82, 2.24) is 0 Å². The maximum Gasteiger partial charge on any atom is 0.162 e. The van der Waals surface area contributed by atoms with Gasteiger partial charge in [0.1, 0.15) is 12.4 Å². The second kappa shape index (κ2) is 8.56. The van der Waals surface area contributed by atoms with Gasteiger partial charge in [-0.05, 0) is 66.5 Å². The Morgan fingerprint density at radius 2 is 1.70 bits per heavy atom. The average Bonchev–Trinajstić information content (AvgIpc) is 2.65. The summed E-state index contributed by atoms with van der Waals surface area (Å²) in [6.45, 7) is 9.11. The summed E-state index contributed by atoms with van der Waals surface area (Å²) in [5.41, 5.74) is 4.46. The van der Waals surface area contributed by atoms with E-state index in [4.69, 9.17) is 4.74 Å². The van der Waals surface area contributed by atoms with E-state index in [9.17, 15) is 4.79 Å². The summed E-state index contributed by atoms with van der Waals surface area (Å²) in [7, 11) is 0. The molecule has 2 unspecified atom stereocenters. The molecule has 142 valence electrons. The summed E-state index contributed by atoms with van der Waals surface area (Å²) in [6, 6.07) is 16.4. The molecule has 0 bridgehead atoms. The molecule has 2 aromatic rings. The van der Waals surface area contributed by atoms with Crippen LogP contribution in [0.5, 0.6) is 5.75 Å². The molecule has 1 aliphatic carbocycles. The third kappa shape index (κ3) is 4.88. The average molecular weight is 363 g/mol. The summed E-state index contributed by atoms with van der Waals surface area (Å²) in [5.74, 6) is 2.10. The van der Waals surface area contributed by atoms with Crippen molar-refractivity contribution < 1.29 is 9.53 Å². The largest absolute Gasteiger partial charge is 0.489 e. The first-order valence-corrected chi connectivity index (χ1v) is 9.98. The number of aryl methyl sites for hydroxylation is 1. The Labute approximate surface area is 163 Å². The predicted octanol–water partition coefficient (Wildman–Crippen LogP) is 6.23. The van der Waals surface area contributed by atoms with Crippen LogP contribution in [0.25, 0.3) is 6.08 Å². The molecular weight excluding hydrogens is 332 g/mol. The number of carbonyl (C=O) groups is 1. The van der Waals surface area contributed by atoms with Crippen molar-refractivity contribution in [3.05, 3.63) is 70.8 Å². The normalized spacial score (nSPS) is 21.7. The summed E-state index contributed by atoms with van der Waals surface area (Å²) in [5, 5.41) is 0. The van der Waals surface area contributed by atoms with E-state index in [1.807, 2.05) is 24.3 Å². The number of hydrogen-bond donors (Lipinski definition) is 0. The summed E-state index contributed by atoms with van der Waals surface area (Å²) in [4.78, 5) is 12.8. The Balaban J connectivity index is 1.68. The fourth-order valence-electron chi connectivity index (χ4n) is 3.71. The van der Waals surface area contributed by atoms with Crippen LogP contribution in [0.1, 0.15) is 50.3 Å². The van der Waals surface area contributed by atoms with Gasteiger partial charge < -0.3 is 4.74 Å². The standard InChI is InChI=1S/C25H30O2/c1-17(2)23-14-7-19(4)24(25(23)26)15-20-10-12-22(13-11-20)27-16-21-8-5-18(3)6-9-21/h5-6,8-13,15,17,19,23H,7,14,16H2,1-4H3/b24-15-. The van der Waals surface area contributed by atoms with Crippen LogP contribution in [-0.4, -0.2) is 5.78 Å². The molecule has 1 aliphatic rings. The van der Waals surface area contributed by atoms with Gasteiger partial charge in [0.05, 0.1) is 0 Å². The van der Waals surface area contributed by atoms with Crippen molar-refractivity contribution in [1.29, 1.82) is 0 Å². The molecule has 27 heavy (non-hydrogen) atoms. The van der Waals surface area contributed by atoms with Gasteiger partial charge in [-0.3, -0.25) is 4.79 Å². The van der Waals surface area contributed by atoms with Crippen molar-refractivity contribution >= 4 is 11.9 Å². The van der Waals surface area contributed by atoms with Gasteiger partial charge in [-0.25, -0.2) is 0 Å². The van der Waals surface area contributed by atoms with Crippen LogP contribution in [0, 0.1) is 24.7 Å². The van der Waals surface area contributed by atoms with Gasteiger partial charge in [-0.2, -0.15) is 0 Å². The number of Topliss-reactive ketones (excluding diaryl/α,β-unsaturated/α-hetero) is 1. The lowest BCUT2D eigenvalue weighted by Crippen LogP contribution is -2.30. The molecule has 0 aliphatic heterocycles. The predicted molar refractivity (Wildman–Crippen MR) is 112 cm³/mol. The van der Waals surface area contributed by atoms with Crippen LogP contribution in [-0.2, 0) is 11.4 Å². The zero-order valence-corrected chi connectivity index (χ0v) is 16.9. The number of ether oxygens (including phenoxy) is 1. The maximum absolute atomic E-state index is 12.8. The number of hydrogen-bond acceptors (Lipinski definition) is 2. The van der Waals surface area contributed by atoms with Gasteiger partial charge in [-0.1, -0.05) is 62.7 Å². The number of carbonyl (C=O) groups excluding carboxylic acids is 1. The van der Waals surface area contributed by atoms with Crippen LogP contribution >= 0.6 is 0 Å². The van der Waals surface area contributed by atoms with Crippen LogP contribution in [0.2, 0.25) is 0 Å². The van der Waals surface area contributed by atoms with E-state index in [-0.39, 0.29) is 5.92 Å². The highest BCUT2D eigenvalue weighted by molar-refractivity contribution is 6.02. The molecule has 0 amide bonds. The minimum atomic E-state index is 0.171. The monoisotopic (exact) mass is 362 g/mol. The molecule has 2 aromatic carbocycles. The van der Waals surface area contributed by atoms with Gasteiger partial charge in [0.15, 0.2) is 5.78 Å². The second-order valence-corrected chi connectivity index (χ2v) is 8.14. The van der Waals surface area contributed by atoms with Crippen LogP contribution in [0.3, 0.4) is 0 Å². The van der Waals surface area contributed by atoms with Gasteiger partial charge >= 0.3 is 0 Å². The molecule has 2 atom stereocenters. The topological polar surface area (TPSA) is 26.3 Å². The van der Waals surface area contributed by atoms with Crippen LogP contribution in [0.15, 0.2) is 54.1 Å². The smallest absolute Gasteiger partial charge is 0.162 e. The Morgan fingerprint density at radius 1 is 1.04 bits per heavy atom. The highest BCUT2D eigenvalue weighted by Crippen LogP contribution is 2.35. The Morgan fingerprint density at radius 3 is 2.33 bits per heavy atom. The second-order valence-electron chi connectivity index (χ2n) is 8.14. The number of allylic oxidation sites excluding steroid dienone is 1. The first-order valence-electron chi connectivity index (χ1n) is 9.98. The Hall–Kier alpha value is -2.35. The van der Waals surface area contributed by atoms with Gasteiger partial charge in [0.25, 0.3) is 0 Å². The molecule has 0 aromatic heterocycles. The SMILES string of the molecule is Cc1ccc(COc2ccc(/C=C3\C(=O)C(C(C)C)CCC3C)cc2)cc1. The third-order valence-corrected chi connectivity index (χ3v) is 5.60. The summed E-state index contributed by atoms with van der Waals surface area (Å²) >= 11 is 0. The van der Waals surface area contributed by atoms with E-state index in [1.54, 1.807) is 0 Å². The minimum absolute atomic E-state index is 0.171. The minimum Gasteiger partial charge on any atom is -0.489 e. The Kier molecular flexibility index (Phi) is 6.15. The fraction of sp³-hybridized carbons (Fsp3) is 0.400. The van der Waals surface area contributed by atoms with E-state index < -0.39 is 0 Å². The van der Waals surface area contributed by atoms with Gasteiger partial charge in [0, 0.05) is 5.92 Å². The van der Waals surface area contributed by atoms with E-state index in [2.05, 4.69) is 58.0 Å². The van der Waals surface area contributed by atoms with Crippen molar-refractivity contribution in [2.75, 3.05) is 0 Å². The lowest BCUT2D eigenvalue weighted by Gasteiger charge is -2.30. The third-order valence-electron chi connectivity index (χ3n) is 5.60.